The SMILES string of the molecule is O=C(CSCC(=O)OCCOc1ccc(Cl)cc1)Nc1ccc(Cl)cc1. The summed E-state index contributed by atoms with van der Waals surface area (Å²) in [6, 6.07) is 13.7. The maximum Gasteiger partial charge on any atom is 0.316 e. The number of esters is 1. The second-order valence-electron chi connectivity index (χ2n) is 5.07. The van der Waals surface area contributed by atoms with Gasteiger partial charge in [0, 0.05) is 15.7 Å². The smallest absolute Gasteiger partial charge is 0.316 e. The lowest BCUT2D eigenvalue weighted by atomic mass is 10.3. The molecule has 138 valence electrons. The second-order valence-corrected chi connectivity index (χ2v) is 6.93. The van der Waals surface area contributed by atoms with Crippen molar-refractivity contribution in [1.29, 1.82) is 0 Å². The number of hydrogen-bond acceptors (Lipinski definition) is 5. The highest BCUT2D eigenvalue weighted by molar-refractivity contribution is 8.00. The number of halogens is 2. The summed E-state index contributed by atoms with van der Waals surface area (Å²) in [6.45, 7) is 0.383. The van der Waals surface area contributed by atoms with Crippen molar-refractivity contribution in [2.45, 2.75) is 0 Å². The Morgan fingerprint density at radius 2 is 1.50 bits per heavy atom. The standard InChI is InChI=1S/C18H17Cl2NO4S/c19-13-1-5-15(6-2-13)21-17(22)11-26-12-18(23)25-10-9-24-16-7-3-14(20)4-8-16/h1-8H,9-12H2,(H,21,22). The molecule has 5 nitrogen and oxygen atoms in total. The molecule has 26 heavy (non-hydrogen) atoms. The topological polar surface area (TPSA) is 64.6 Å². The first-order valence-corrected chi connectivity index (χ1v) is 9.61. The summed E-state index contributed by atoms with van der Waals surface area (Å²) in [7, 11) is 0. The number of ether oxygens (including phenoxy) is 2. The van der Waals surface area contributed by atoms with E-state index in [0.717, 1.165) is 0 Å². The summed E-state index contributed by atoms with van der Waals surface area (Å²) in [6.07, 6.45) is 0. The van der Waals surface area contributed by atoms with Crippen LogP contribution < -0.4 is 10.1 Å². The summed E-state index contributed by atoms with van der Waals surface area (Å²) in [5.74, 6) is 0.303. The normalized spacial score (nSPS) is 10.2. The molecule has 2 aromatic rings. The molecule has 0 aliphatic rings. The molecule has 0 aromatic heterocycles. The molecule has 1 amide bonds. The molecule has 2 aromatic carbocycles. The van der Waals surface area contributed by atoms with Crippen molar-refractivity contribution in [3.05, 3.63) is 58.6 Å². The average Bonchev–Trinajstić information content (AvgIpc) is 2.62. The van der Waals surface area contributed by atoms with Gasteiger partial charge in [-0.15, -0.1) is 11.8 Å². The van der Waals surface area contributed by atoms with Gasteiger partial charge in [0.05, 0.1) is 11.5 Å². The molecular weight excluding hydrogens is 397 g/mol. The number of carbonyl (C=O) groups is 2. The fraction of sp³-hybridized carbons (Fsp3) is 0.222. The van der Waals surface area contributed by atoms with Gasteiger partial charge < -0.3 is 14.8 Å². The highest BCUT2D eigenvalue weighted by Crippen LogP contribution is 2.15. The Balaban J connectivity index is 1.54. The molecule has 0 heterocycles. The van der Waals surface area contributed by atoms with Gasteiger partial charge in [0.15, 0.2) is 0 Å². The maximum absolute atomic E-state index is 11.8. The molecule has 0 bridgehead atoms. The quantitative estimate of drug-likeness (QED) is 0.490. The van der Waals surface area contributed by atoms with E-state index in [1.165, 1.54) is 11.8 Å². The lowest BCUT2D eigenvalue weighted by Crippen LogP contribution is -2.17. The predicted octanol–water partition coefficient (Wildman–Crippen LogP) is 4.29. The van der Waals surface area contributed by atoms with Crippen molar-refractivity contribution in [3.63, 3.8) is 0 Å². The molecule has 2 rings (SSSR count). The Morgan fingerprint density at radius 1 is 0.885 bits per heavy atom. The average molecular weight is 414 g/mol. The molecular formula is C18H17Cl2NO4S. The Labute approximate surface area is 166 Å². The van der Waals surface area contributed by atoms with Crippen LogP contribution in [0.1, 0.15) is 0 Å². The van der Waals surface area contributed by atoms with Crippen molar-refractivity contribution in [1.82, 2.24) is 0 Å². The summed E-state index contributed by atoms with van der Waals surface area (Å²) in [5, 5.41) is 3.94. The molecule has 0 saturated carbocycles. The van der Waals surface area contributed by atoms with Crippen molar-refractivity contribution >= 4 is 52.5 Å². The highest BCUT2D eigenvalue weighted by Gasteiger charge is 2.07. The van der Waals surface area contributed by atoms with E-state index >= 15 is 0 Å². The predicted molar refractivity (Wildman–Crippen MR) is 105 cm³/mol. The van der Waals surface area contributed by atoms with Gasteiger partial charge in [-0.05, 0) is 48.5 Å². The Kier molecular flexibility index (Phi) is 8.61. The van der Waals surface area contributed by atoms with E-state index in [-0.39, 0.29) is 30.6 Å². The number of anilines is 1. The molecule has 0 fully saturated rings. The number of amides is 1. The van der Waals surface area contributed by atoms with Crippen LogP contribution in [-0.2, 0) is 14.3 Å². The number of hydrogen-bond donors (Lipinski definition) is 1. The van der Waals surface area contributed by atoms with Crippen LogP contribution in [0.25, 0.3) is 0 Å². The van der Waals surface area contributed by atoms with E-state index in [4.69, 9.17) is 32.7 Å². The first kappa shape index (κ1) is 20.4. The lowest BCUT2D eigenvalue weighted by molar-refractivity contribution is -0.141. The largest absolute Gasteiger partial charge is 0.490 e. The second kappa shape index (κ2) is 11.0. The monoisotopic (exact) mass is 413 g/mol. The Hall–Kier alpha value is -1.89. The van der Waals surface area contributed by atoms with Crippen molar-refractivity contribution in [3.8, 4) is 5.75 Å². The third-order valence-corrected chi connectivity index (χ3v) is 4.42. The van der Waals surface area contributed by atoms with E-state index in [1.807, 2.05) is 0 Å². The molecule has 0 aliphatic carbocycles. The molecule has 1 N–H and O–H groups in total. The number of thioether (sulfide) groups is 1. The van der Waals surface area contributed by atoms with Gasteiger partial charge in [-0.25, -0.2) is 0 Å². The highest BCUT2D eigenvalue weighted by atomic mass is 35.5. The molecule has 0 unspecified atom stereocenters. The molecule has 8 heteroatoms. The third-order valence-electron chi connectivity index (χ3n) is 3.01. The van der Waals surface area contributed by atoms with Gasteiger partial charge >= 0.3 is 5.97 Å². The lowest BCUT2D eigenvalue weighted by Gasteiger charge is -2.08. The molecule has 0 spiro atoms. The van der Waals surface area contributed by atoms with Crippen LogP contribution in [0.2, 0.25) is 10.0 Å². The minimum absolute atomic E-state index is 0.0922. The van der Waals surface area contributed by atoms with Crippen LogP contribution in [-0.4, -0.2) is 36.6 Å². The van der Waals surface area contributed by atoms with Gasteiger partial charge in [-0.2, -0.15) is 0 Å². The minimum Gasteiger partial charge on any atom is -0.490 e. The van der Waals surface area contributed by atoms with E-state index in [2.05, 4.69) is 5.32 Å². The zero-order valence-electron chi connectivity index (χ0n) is 13.7. The maximum atomic E-state index is 11.8. The van der Waals surface area contributed by atoms with Gasteiger partial charge in [-0.1, -0.05) is 23.2 Å². The van der Waals surface area contributed by atoms with Crippen molar-refractivity contribution < 1.29 is 19.1 Å². The zero-order valence-corrected chi connectivity index (χ0v) is 16.1. The Morgan fingerprint density at radius 3 is 2.15 bits per heavy atom. The van der Waals surface area contributed by atoms with Gasteiger partial charge in [-0.3, -0.25) is 9.59 Å². The van der Waals surface area contributed by atoms with Crippen LogP contribution in [0.4, 0.5) is 5.69 Å². The van der Waals surface area contributed by atoms with Crippen molar-refractivity contribution in [2.75, 3.05) is 30.0 Å². The fourth-order valence-electron chi connectivity index (χ4n) is 1.84. The first-order valence-electron chi connectivity index (χ1n) is 7.70. The Bertz CT molecular complexity index is 723. The summed E-state index contributed by atoms with van der Waals surface area (Å²) in [4.78, 5) is 23.4. The van der Waals surface area contributed by atoms with E-state index < -0.39 is 5.97 Å². The number of rotatable bonds is 9. The number of nitrogens with one attached hydrogen (secondary N) is 1. The van der Waals surface area contributed by atoms with Crippen LogP contribution in [0.5, 0.6) is 5.75 Å². The van der Waals surface area contributed by atoms with Gasteiger partial charge in [0.25, 0.3) is 0 Å². The number of carbonyl (C=O) groups excluding carboxylic acids is 2. The molecule has 0 radical (unpaired) electrons. The van der Waals surface area contributed by atoms with Gasteiger partial charge in [0.1, 0.15) is 19.0 Å². The van der Waals surface area contributed by atoms with Crippen LogP contribution >= 0.6 is 35.0 Å². The first-order chi connectivity index (χ1) is 12.5. The summed E-state index contributed by atoms with van der Waals surface area (Å²) in [5.41, 5.74) is 0.655. The fourth-order valence-corrected chi connectivity index (χ4v) is 2.71. The van der Waals surface area contributed by atoms with Gasteiger partial charge in [0.2, 0.25) is 5.91 Å². The number of benzene rings is 2. The summed E-state index contributed by atoms with van der Waals surface area (Å²) >= 11 is 12.7. The molecule has 0 aliphatic heterocycles. The summed E-state index contributed by atoms with van der Waals surface area (Å²) < 4.78 is 10.5. The van der Waals surface area contributed by atoms with E-state index in [0.29, 0.717) is 21.5 Å². The zero-order chi connectivity index (χ0) is 18.8. The minimum atomic E-state index is -0.394. The molecule has 0 saturated heterocycles. The van der Waals surface area contributed by atoms with E-state index in [1.54, 1.807) is 48.5 Å². The van der Waals surface area contributed by atoms with Crippen molar-refractivity contribution in [2.24, 2.45) is 0 Å². The van der Waals surface area contributed by atoms with Crippen LogP contribution in [0.3, 0.4) is 0 Å². The van der Waals surface area contributed by atoms with Crippen LogP contribution in [0, 0.1) is 0 Å². The van der Waals surface area contributed by atoms with E-state index in [9.17, 15) is 9.59 Å². The van der Waals surface area contributed by atoms with Crippen LogP contribution in [0.15, 0.2) is 48.5 Å². The molecule has 0 atom stereocenters. The third kappa shape index (κ3) is 7.99.